The number of anilines is 2. The summed E-state index contributed by atoms with van der Waals surface area (Å²) in [5.74, 6) is 1.01. The summed E-state index contributed by atoms with van der Waals surface area (Å²) in [6.45, 7) is 0.943. The first-order valence-electron chi connectivity index (χ1n) is 5.69. The van der Waals surface area contributed by atoms with E-state index in [2.05, 4.69) is 69.9 Å². The third-order valence-corrected chi connectivity index (χ3v) is 3.90. The van der Waals surface area contributed by atoms with Gasteiger partial charge in [-0.2, -0.15) is 0 Å². The van der Waals surface area contributed by atoms with Crippen LogP contribution in [0.2, 0.25) is 0 Å². The van der Waals surface area contributed by atoms with Crippen LogP contribution in [0.25, 0.3) is 0 Å². The van der Waals surface area contributed by atoms with E-state index in [-0.39, 0.29) is 0 Å². The van der Waals surface area contributed by atoms with Crippen molar-refractivity contribution >= 4 is 23.3 Å². The van der Waals surface area contributed by atoms with Crippen LogP contribution in [0.15, 0.2) is 60.7 Å². The maximum absolute atomic E-state index is 2.37. The van der Waals surface area contributed by atoms with Crippen molar-refractivity contribution in [1.82, 2.24) is 0 Å². The fourth-order valence-corrected chi connectivity index (χ4v) is 2.92. The average molecular weight is 242 g/mol. The molecule has 17 heavy (non-hydrogen) atoms. The van der Waals surface area contributed by atoms with E-state index in [1.807, 2.05) is 11.9 Å². The second-order valence-electron chi connectivity index (χ2n) is 3.99. The van der Waals surface area contributed by atoms with Crippen LogP contribution in [0.1, 0.15) is 0 Å². The van der Waals surface area contributed by atoms with Crippen molar-refractivity contribution in [2.45, 2.75) is 0 Å². The molecular weight excluding hydrogens is 228 g/mol. The molecule has 1 heterocycles. The Balaban J connectivity index is 1.75. The van der Waals surface area contributed by atoms with Gasteiger partial charge in [0.1, 0.15) is 6.67 Å². The first-order chi connectivity index (χ1) is 8.43. The first-order valence-corrected chi connectivity index (χ1v) is 6.63. The minimum atomic E-state index is 0.943. The summed E-state index contributed by atoms with van der Waals surface area (Å²) in [4.78, 5) is 2.37. The molecule has 0 saturated carbocycles. The Morgan fingerprint density at radius 1 is 0.765 bits per heavy atom. The van der Waals surface area contributed by atoms with E-state index in [4.69, 9.17) is 0 Å². The van der Waals surface area contributed by atoms with Crippen molar-refractivity contribution in [3.05, 3.63) is 60.7 Å². The number of para-hydroxylation sites is 2. The van der Waals surface area contributed by atoms with Crippen LogP contribution in [0.5, 0.6) is 0 Å². The smallest absolute Gasteiger partial charge is 0.102 e. The SMILES string of the molecule is c1ccc(N2CSN(c3ccccc3)C2)cc1. The lowest BCUT2D eigenvalue weighted by molar-refractivity contribution is 0.956. The quantitative estimate of drug-likeness (QED) is 0.743. The Morgan fingerprint density at radius 3 is 2.00 bits per heavy atom. The molecular formula is C14H14N2S. The van der Waals surface area contributed by atoms with E-state index in [0.717, 1.165) is 12.5 Å². The molecule has 0 amide bonds. The summed E-state index contributed by atoms with van der Waals surface area (Å²) in [6, 6.07) is 21.1. The lowest BCUT2D eigenvalue weighted by Gasteiger charge is -2.19. The maximum Gasteiger partial charge on any atom is 0.102 e. The monoisotopic (exact) mass is 242 g/mol. The van der Waals surface area contributed by atoms with Crippen molar-refractivity contribution in [2.24, 2.45) is 0 Å². The minimum Gasteiger partial charge on any atom is -0.342 e. The molecule has 0 aliphatic carbocycles. The number of hydrogen-bond acceptors (Lipinski definition) is 3. The van der Waals surface area contributed by atoms with Gasteiger partial charge in [-0.1, -0.05) is 36.4 Å². The zero-order chi connectivity index (χ0) is 11.5. The average Bonchev–Trinajstić information content (AvgIpc) is 2.90. The van der Waals surface area contributed by atoms with E-state index >= 15 is 0 Å². The highest BCUT2D eigenvalue weighted by Gasteiger charge is 2.20. The first kappa shape index (κ1) is 10.5. The molecule has 1 fully saturated rings. The van der Waals surface area contributed by atoms with Crippen molar-refractivity contribution in [3.8, 4) is 0 Å². The fraction of sp³-hybridized carbons (Fsp3) is 0.143. The lowest BCUT2D eigenvalue weighted by Crippen LogP contribution is -2.23. The van der Waals surface area contributed by atoms with Crippen LogP contribution in [-0.2, 0) is 0 Å². The van der Waals surface area contributed by atoms with Crippen molar-refractivity contribution in [1.29, 1.82) is 0 Å². The van der Waals surface area contributed by atoms with Gasteiger partial charge in [-0.15, -0.1) is 0 Å². The highest BCUT2D eigenvalue weighted by Crippen LogP contribution is 2.31. The predicted octanol–water partition coefficient (Wildman–Crippen LogP) is 3.58. The molecule has 2 aromatic rings. The summed E-state index contributed by atoms with van der Waals surface area (Å²) in [5.41, 5.74) is 2.56. The van der Waals surface area contributed by atoms with Gasteiger partial charge in [-0.05, 0) is 36.2 Å². The zero-order valence-electron chi connectivity index (χ0n) is 9.49. The minimum absolute atomic E-state index is 0.943. The van der Waals surface area contributed by atoms with Crippen molar-refractivity contribution in [3.63, 3.8) is 0 Å². The summed E-state index contributed by atoms with van der Waals surface area (Å²) in [6.07, 6.45) is 0. The van der Waals surface area contributed by atoms with E-state index in [9.17, 15) is 0 Å². The molecule has 1 saturated heterocycles. The third-order valence-electron chi connectivity index (χ3n) is 2.83. The Hall–Kier alpha value is -1.61. The lowest BCUT2D eigenvalue weighted by atomic mass is 10.3. The molecule has 0 unspecified atom stereocenters. The van der Waals surface area contributed by atoms with Crippen LogP contribution in [0.3, 0.4) is 0 Å². The molecule has 1 aliphatic heterocycles. The zero-order valence-corrected chi connectivity index (χ0v) is 10.3. The Morgan fingerprint density at radius 2 is 1.35 bits per heavy atom. The molecule has 86 valence electrons. The standard InChI is InChI=1S/C14H14N2S/c1-3-7-13(8-4-1)15-11-16(17-12-15)14-9-5-2-6-10-14/h1-10H,11-12H2. The van der Waals surface area contributed by atoms with Gasteiger partial charge in [0, 0.05) is 11.4 Å². The van der Waals surface area contributed by atoms with Crippen LogP contribution >= 0.6 is 11.9 Å². The van der Waals surface area contributed by atoms with Crippen molar-refractivity contribution < 1.29 is 0 Å². The molecule has 3 heteroatoms. The van der Waals surface area contributed by atoms with E-state index in [1.54, 1.807) is 0 Å². The molecule has 0 radical (unpaired) electrons. The van der Waals surface area contributed by atoms with E-state index in [1.165, 1.54) is 11.4 Å². The van der Waals surface area contributed by atoms with Crippen LogP contribution in [0, 0.1) is 0 Å². The Bertz CT molecular complexity index is 427. The molecule has 0 aromatic heterocycles. The van der Waals surface area contributed by atoms with Gasteiger partial charge in [0.15, 0.2) is 0 Å². The van der Waals surface area contributed by atoms with Gasteiger partial charge >= 0.3 is 0 Å². The summed E-state index contributed by atoms with van der Waals surface area (Å²) < 4.78 is 2.33. The van der Waals surface area contributed by atoms with Crippen LogP contribution < -0.4 is 9.21 Å². The Kier molecular flexibility index (Phi) is 2.92. The van der Waals surface area contributed by atoms with E-state index < -0.39 is 0 Å². The number of hydrogen-bond donors (Lipinski definition) is 0. The van der Waals surface area contributed by atoms with Gasteiger partial charge in [0.05, 0.1) is 5.88 Å². The van der Waals surface area contributed by atoms with Crippen LogP contribution in [0.4, 0.5) is 11.4 Å². The van der Waals surface area contributed by atoms with E-state index in [0.29, 0.717) is 0 Å². The van der Waals surface area contributed by atoms with Gasteiger partial charge < -0.3 is 4.90 Å². The van der Waals surface area contributed by atoms with Crippen molar-refractivity contribution in [2.75, 3.05) is 21.8 Å². The Labute approximate surface area is 106 Å². The van der Waals surface area contributed by atoms with Gasteiger partial charge in [0.2, 0.25) is 0 Å². The summed E-state index contributed by atoms with van der Waals surface area (Å²) in [5, 5.41) is 0. The number of nitrogens with zero attached hydrogens (tertiary/aromatic N) is 2. The maximum atomic E-state index is 2.37. The molecule has 1 aliphatic rings. The predicted molar refractivity (Wildman–Crippen MR) is 75.2 cm³/mol. The molecule has 0 atom stereocenters. The molecule has 2 nitrogen and oxygen atoms in total. The molecule has 0 spiro atoms. The van der Waals surface area contributed by atoms with Gasteiger partial charge in [-0.25, -0.2) is 0 Å². The highest BCUT2D eigenvalue weighted by atomic mass is 32.2. The molecule has 3 rings (SSSR count). The summed E-state index contributed by atoms with van der Waals surface area (Å²) in [7, 11) is 0. The normalized spacial score (nSPS) is 15.3. The third kappa shape index (κ3) is 2.24. The molecule has 0 bridgehead atoms. The number of rotatable bonds is 2. The van der Waals surface area contributed by atoms with Gasteiger partial charge in [0.25, 0.3) is 0 Å². The largest absolute Gasteiger partial charge is 0.342 e. The highest BCUT2D eigenvalue weighted by molar-refractivity contribution is 8.01. The second kappa shape index (κ2) is 4.72. The number of benzene rings is 2. The molecule has 2 aromatic carbocycles. The second-order valence-corrected chi connectivity index (χ2v) is 4.95. The summed E-state index contributed by atoms with van der Waals surface area (Å²) >= 11 is 1.86. The van der Waals surface area contributed by atoms with Gasteiger partial charge in [-0.3, -0.25) is 4.31 Å². The molecule has 0 N–H and O–H groups in total. The topological polar surface area (TPSA) is 6.48 Å². The van der Waals surface area contributed by atoms with Crippen LogP contribution in [-0.4, -0.2) is 12.5 Å². The fourth-order valence-electron chi connectivity index (χ4n) is 1.92.